The molecule has 0 bridgehead atoms. The molecule has 0 amide bonds. The Morgan fingerprint density at radius 2 is 1.78 bits per heavy atom. The summed E-state index contributed by atoms with van der Waals surface area (Å²) in [5.74, 6) is 1.31. The van der Waals surface area contributed by atoms with E-state index in [2.05, 4.69) is 11.5 Å². The summed E-state index contributed by atoms with van der Waals surface area (Å²) in [5, 5.41) is 9.99. The van der Waals surface area contributed by atoms with Crippen LogP contribution in [-0.4, -0.2) is 20.8 Å². The molecule has 164 valence electrons. The van der Waals surface area contributed by atoms with Crippen LogP contribution in [0.4, 0.5) is 4.79 Å². The number of halogens is 2. The summed E-state index contributed by atoms with van der Waals surface area (Å²) < 4.78 is 7.10. The van der Waals surface area contributed by atoms with Crippen molar-refractivity contribution in [3.63, 3.8) is 0 Å². The van der Waals surface area contributed by atoms with Crippen LogP contribution in [0.3, 0.4) is 0 Å². The number of ether oxygens (including phenoxy) is 1. The number of fused-ring (bicyclic) bond motifs is 1. The SMILES string of the molecule is CCCCc1nc2cc(Cl)c(Cl)cc2n1Cc1ccc(-c2ccccc2OC(=O)O)cc1. The van der Waals surface area contributed by atoms with Crippen LogP contribution >= 0.6 is 23.2 Å². The molecule has 3 aromatic carbocycles. The summed E-state index contributed by atoms with van der Waals surface area (Å²) in [7, 11) is 0. The van der Waals surface area contributed by atoms with Crippen molar-refractivity contribution in [1.29, 1.82) is 0 Å². The number of imidazole rings is 1. The fraction of sp³-hybridized carbons (Fsp3) is 0.200. The first-order valence-electron chi connectivity index (χ1n) is 10.4. The predicted octanol–water partition coefficient (Wildman–Crippen LogP) is 7.46. The van der Waals surface area contributed by atoms with Crippen LogP contribution in [0.25, 0.3) is 22.2 Å². The van der Waals surface area contributed by atoms with Gasteiger partial charge in [-0.25, -0.2) is 9.78 Å². The molecule has 0 aliphatic rings. The van der Waals surface area contributed by atoms with Crippen molar-refractivity contribution < 1.29 is 14.6 Å². The first-order valence-corrected chi connectivity index (χ1v) is 11.1. The molecule has 0 unspecified atom stereocenters. The lowest BCUT2D eigenvalue weighted by atomic mass is 10.0. The average Bonchev–Trinajstić information content (AvgIpc) is 3.09. The number of rotatable bonds is 7. The van der Waals surface area contributed by atoms with Crippen molar-refractivity contribution in [2.75, 3.05) is 0 Å². The first kappa shape index (κ1) is 22.2. The summed E-state index contributed by atoms with van der Waals surface area (Å²) in [6, 6.07) is 18.8. The molecular formula is C25H22Cl2N2O3. The summed E-state index contributed by atoms with van der Waals surface area (Å²) in [5.41, 5.74) is 4.48. The third-order valence-electron chi connectivity index (χ3n) is 5.31. The topological polar surface area (TPSA) is 64.4 Å². The minimum atomic E-state index is -1.33. The summed E-state index contributed by atoms with van der Waals surface area (Å²) in [6.45, 7) is 2.80. The van der Waals surface area contributed by atoms with E-state index in [1.807, 2.05) is 48.5 Å². The summed E-state index contributed by atoms with van der Waals surface area (Å²) in [4.78, 5) is 15.8. The van der Waals surface area contributed by atoms with E-state index in [1.54, 1.807) is 12.1 Å². The van der Waals surface area contributed by atoms with E-state index in [1.165, 1.54) is 0 Å². The van der Waals surface area contributed by atoms with Gasteiger partial charge in [0.15, 0.2) is 0 Å². The van der Waals surface area contributed by atoms with Crippen LogP contribution in [-0.2, 0) is 13.0 Å². The van der Waals surface area contributed by atoms with Crippen LogP contribution in [0.5, 0.6) is 5.75 Å². The smallest absolute Gasteiger partial charge is 0.449 e. The highest BCUT2D eigenvalue weighted by Gasteiger charge is 2.14. The highest BCUT2D eigenvalue weighted by molar-refractivity contribution is 6.42. The molecule has 0 radical (unpaired) electrons. The zero-order valence-corrected chi connectivity index (χ0v) is 19.0. The highest BCUT2D eigenvalue weighted by atomic mass is 35.5. The summed E-state index contributed by atoms with van der Waals surface area (Å²) >= 11 is 12.5. The number of carbonyl (C=O) groups is 1. The van der Waals surface area contributed by atoms with Crippen molar-refractivity contribution in [3.05, 3.63) is 82.1 Å². The number of para-hydroxylation sites is 1. The monoisotopic (exact) mass is 468 g/mol. The van der Waals surface area contributed by atoms with Gasteiger partial charge in [0, 0.05) is 18.5 Å². The standard InChI is InChI=1S/C25H22Cl2N2O3/c1-2-3-8-24-28-21-13-19(26)20(27)14-22(21)29(24)15-16-9-11-17(12-10-16)18-6-4-5-7-23(18)32-25(30)31/h4-7,9-14H,2-3,8,15H2,1H3,(H,30,31). The molecule has 1 heterocycles. The molecule has 1 N–H and O–H groups in total. The second-order valence-corrected chi connectivity index (χ2v) is 8.35. The number of aromatic nitrogens is 2. The van der Waals surface area contributed by atoms with Gasteiger partial charge >= 0.3 is 6.16 Å². The minimum Gasteiger partial charge on any atom is -0.449 e. The van der Waals surface area contributed by atoms with Gasteiger partial charge in [-0.1, -0.05) is 79.0 Å². The van der Waals surface area contributed by atoms with Gasteiger partial charge in [0.05, 0.1) is 21.1 Å². The molecule has 0 atom stereocenters. The van der Waals surface area contributed by atoms with E-state index < -0.39 is 6.16 Å². The van der Waals surface area contributed by atoms with Gasteiger partial charge in [-0.2, -0.15) is 0 Å². The van der Waals surface area contributed by atoms with Gasteiger partial charge in [-0.05, 0) is 35.7 Å². The lowest BCUT2D eigenvalue weighted by molar-refractivity contribution is 0.144. The fourth-order valence-electron chi connectivity index (χ4n) is 3.73. The zero-order chi connectivity index (χ0) is 22.7. The lowest BCUT2D eigenvalue weighted by Crippen LogP contribution is -2.06. The minimum absolute atomic E-state index is 0.307. The number of hydrogen-bond acceptors (Lipinski definition) is 3. The third kappa shape index (κ3) is 4.74. The van der Waals surface area contributed by atoms with E-state index in [0.29, 0.717) is 22.3 Å². The normalized spacial score (nSPS) is 11.1. The van der Waals surface area contributed by atoms with Crippen LogP contribution < -0.4 is 4.74 Å². The molecule has 0 spiro atoms. The second kappa shape index (κ2) is 9.63. The van der Waals surface area contributed by atoms with Crippen molar-refractivity contribution in [3.8, 4) is 16.9 Å². The molecule has 0 saturated carbocycles. The number of unbranched alkanes of at least 4 members (excludes halogenated alkanes) is 1. The van der Waals surface area contributed by atoms with Crippen molar-refractivity contribution in [1.82, 2.24) is 9.55 Å². The summed E-state index contributed by atoms with van der Waals surface area (Å²) in [6.07, 6.45) is 1.67. The molecular weight excluding hydrogens is 447 g/mol. The Hall–Kier alpha value is -3.02. The number of aryl methyl sites for hydroxylation is 1. The molecule has 4 rings (SSSR count). The van der Waals surface area contributed by atoms with Gasteiger partial charge in [0.2, 0.25) is 0 Å². The van der Waals surface area contributed by atoms with E-state index in [0.717, 1.165) is 52.8 Å². The van der Waals surface area contributed by atoms with Crippen LogP contribution in [0, 0.1) is 0 Å². The molecule has 4 aromatic rings. The fourth-order valence-corrected chi connectivity index (χ4v) is 4.05. The van der Waals surface area contributed by atoms with Crippen LogP contribution in [0.15, 0.2) is 60.7 Å². The Kier molecular flexibility index (Phi) is 6.68. The molecule has 0 fully saturated rings. The molecule has 0 aliphatic carbocycles. The molecule has 32 heavy (non-hydrogen) atoms. The molecule has 0 saturated heterocycles. The lowest BCUT2D eigenvalue weighted by Gasteiger charge is -2.12. The zero-order valence-electron chi connectivity index (χ0n) is 17.5. The number of nitrogens with zero attached hydrogens (tertiary/aromatic N) is 2. The van der Waals surface area contributed by atoms with Crippen molar-refractivity contribution >= 4 is 40.4 Å². The van der Waals surface area contributed by atoms with Crippen molar-refractivity contribution in [2.45, 2.75) is 32.7 Å². The van der Waals surface area contributed by atoms with E-state index in [4.69, 9.17) is 38.0 Å². The molecule has 1 aromatic heterocycles. The maximum absolute atomic E-state index is 11.0. The van der Waals surface area contributed by atoms with Gasteiger partial charge in [-0.15, -0.1) is 0 Å². The van der Waals surface area contributed by atoms with Crippen LogP contribution in [0.1, 0.15) is 31.2 Å². The van der Waals surface area contributed by atoms with Crippen molar-refractivity contribution in [2.24, 2.45) is 0 Å². The van der Waals surface area contributed by atoms with Gasteiger partial charge in [0.1, 0.15) is 11.6 Å². The Labute approximate surface area is 196 Å². The number of benzene rings is 3. The maximum atomic E-state index is 11.0. The first-order chi connectivity index (χ1) is 15.5. The average molecular weight is 469 g/mol. The van der Waals surface area contributed by atoms with E-state index in [9.17, 15) is 4.79 Å². The quantitative estimate of drug-likeness (QED) is 0.225. The highest BCUT2D eigenvalue weighted by Crippen LogP contribution is 2.32. The molecule has 7 heteroatoms. The molecule has 0 aliphatic heterocycles. The van der Waals surface area contributed by atoms with E-state index >= 15 is 0 Å². The number of hydrogen-bond donors (Lipinski definition) is 1. The van der Waals surface area contributed by atoms with E-state index in [-0.39, 0.29) is 0 Å². The number of carboxylic acid groups (broad SMARTS) is 1. The largest absolute Gasteiger partial charge is 0.511 e. The molecule has 5 nitrogen and oxygen atoms in total. The Morgan fingerprint density at radius 3 is 2.50 bits per heavy atom. The Morgan fingerprint density at radius 1 is 1.06 bits per heavy atom. The second-order valence-electron chi connectivity index (χ2n) is 7.53. The van der Waals surface area contributed by atoms with Gasteiger partial charge in [0.25, 0.3) is 0 Å². The van der Waals surface area contributed by atoms with Gasteiger partial charge < -0.3 is 14.4 Å². The third-order valence-corrected chi connectivity index (χ3v) is 6.04. The van der Waals surface area contributed by atoms with Crippen LogP contribution in [0.2, 0.25) is 10.0 Å². The predicted molar refractivity (Wildman–Crippen MR) is 128 cm³/mol. The Bertz CT molecular complexity index is 1270. The maximum Gasteiger partial charge on any atom is 0.511 e. The van der Waals surface area contributed by atoms with Gasteiger partial charge in [-0.3, -0.25) is 0 Å². The Balaban J connectivity index is 1.67.